The molecule has 0 bridgehead atoms. The molecule has 0 unspecified atom stereocenters. The number of anilines is 1. The van der Waals surface area contributed by atoms with Crippen molar-refractivity contribution in [2.45, 2.75) is 19.8 Å². The van der Waals surface area contributed by atoms with E-state index in [1.54, 1.807) is 48.5 Å². The number of benzene rings is 3. The summed E-state index contributed by atoms with van der Waals surface area (Å²) >= 11 is 0. The van der Waals surface area contributed by atoms with Crippen LogP contribution in [0.5, 0.6) is 5.75 Å². The van der Waals surface area contributed by atoms with Gasteiger partial charge in [0.25, 0.3) is 5.91 Å². The Balaban J connectivity index is 1.58. The number of rotatable bonds is 6. The van der Waals surface area contributed by atoms with Crippen LogP contribution < -0.4 is 5.32 Å². The largest absolute Gasteiger partial charge is 0.508 e. The lowest BCUT2D eigenvalue weighted by Crippen LogP contribution is -2.21. The van der Waals surface area contributed by atoms with Gasteiger partial charge in [-0.1, -0.05) is 56.3 Å². The van der Waals surface area contributed by atoms with Crippen molar-refractivity contribution < 1.29 is 19.4 Å². The quantitative estimate of drug-likeness (QED) is 0.583. The minimum Gasteiger partial charge on any atom is -0.508 e. The highest BCUT2D eigenvalue weighted by molar-refractivity contribution is 5.96. The first-order valence-electron chi connectivity index (χ1n) is 9.39. The number of carbonyl (C=O) groups is 2. The predicted molar refractivity (Wildman–Crippen MR) is 113 cm³/mol. The van der Waals surface area contributed by atoms with Crippen LogP contribution in [0.2, 0.25) is 0 Å². The topological polar surface area (TPSA) is 75.6 Å². The fourth-order valence-electron chi connectivity index (χ4n) is 2.97. The van der Waals surface area contributed by atoms with E-state index < -0.39 is 5.97 Å². The second-order valence-corrected chi connectivity index (χ2v) is 6.99. The number of aromatic hydroxyl groups is 1. The Labute approximate surface area is 170 Å². The van der Waals surface area contributed by atoms with Gasteiger partial charge in [0.15, 0.2) is 6.61 Å². The first-order valence-corrected chi connectivity index (χ1v) is 9.39. The summed E-state index contributed by atoms with van der Waals surface area (Å²) < 4.78 is 5.14. The third-order valence-electron chi connectivity index (χ3n) is 4.51. The summed E-state index contributed by atoms with van der Waals surface area (Å²) in [6.45, 7) is 3.74. The third kappa shape index (κ3) is 5.23. The zero-order chi connectivity index (χ0) is 20.8. The van der Waals surface area contributed by atoms with E-state index in [-0.39, 0.29) is 24.2 Å². The summed E-state index contributed by atoms with van der Waals surface area (Å²) in [7, 11) is 0. The van der Waals surface area contributed by atoms with E-state index in [4.69, 9.17) is 4.74 Å². The Kier molecular flexibility index (Phi) is 6.29. The zero-order valence-corrected chi connectivity index (χ0v) is 16.4. The second kappa shape index (κ2) is 9.06. The highest BCUT2D eigenvalue weighted by Crippen LogP contribution is 2.24. The Morgan fingerprint density at radius 2 is 1.48 bits per heavy atom. The molecule has 0 aliphatic rings. The van der Waals surface area contributed by atoms with Gasteiger partial charge in [0.2, 0.25) is 0 Å². The lowest BCUT2D eigenvalue weighted by molar-refractivity contribution is -0.119. The van der Waals surface area contributed by atoms with Crippen molar-refractivity contribution in [1.82, 2.24) is 0 Å². The number of esters is 1. The number of ether oxygens (including phenoxy) is 1. The Bertz CT molecular complexity index is 992. The van der Waals surface area contributed by atoms with Crippen LogP contribution in [0.3, 0.4) is 0 Å². The number of amides is 1. The maximum absolute atomic E-state index is 12.2. The van der Waals surface area contributed by atoms with Crippen LogP contribution in [-0.4, -0.2) is 23.6 Å². The van der Waals surface area contributed by atoms with Crippen molar-refractivity contribution in [2.75, 3.05) is 11.9 Å². The molecule has 0 aliphatic heterocycles. The Morgan fingerprint density at radius 1 is 0.897 bits per heavy atom. The molecule has 2 N–H and O–H groups in total. The summed E-state index contributed by atoms with van der Waals surface area (Å²) in [5.74, 6) is -0.480. The Hall–Kier alpha value is -3.60. The molecule has 3 aromatic carbocycles. The van der Waals surface area contributed by atoms with Gasteiger partial charge in [-0.2, -0.15) is 0 Å². The van der Waals surface area contributed by atoms with Crippen LogP contribution in [-0.2, 0) is 9.53 Å². The van der Waals surface area contributed by atoms with Crippen molar-refractivity contribution in [3.8, 4) is 16.9 Å². The molecule has 0 atom stereocenters. The van der Waals surface area contributed by atoms with E-state index in [9.17, 15) is 14.7 Å². The van der Waals surface area contributed by atoms with Gasteiger partial charge in [0.1, 0.15) is 5.75 Å². The monoisotopic (exact) mass is 389 g/mol. The molecule has 0 spiro atoms. The van der Waals surface area contributed by atoms with Gasteiger partial charge >= 0.3 is 5.97 Å². The molecule has 0 fully saturated rings. The van der Waals surface area contributed by atoms with Crippen molar-refractivity contribution in [2.24, 2.45) is 0 Å². The SMILES string of the molecule is CC(C)c1ccccc1NC(=O)COC(=O)c1ccc(-c2ccc(O)cc2)cc1. The van der Waals surface area contributed by atoms with Gasteiger partial charge in [-0.05, 0) is 52.9 Å². The van der Waals surface area contributed by atoms with Crippen molar-refractivity contribution in [1.29, 1.82) is 0 Å². The van der Waals surface area contributed by atoms with Gasteiger partial charge in [-0.3, -0.25) is 4.79 Å². The molecule has 3 aromatic rings. The Morgan fingerprint density at radius 3 is 2.10 bits per heavy atom. The molecule has 0 aromatic heterocycles. The highest BCUT2D eigenvalue weighted by atomic mass is 16.5. The van der Waals surface area contributed by atoms with Gasteiger partial charge in [0.05, 0.1) is 5.56 Å². The van der Waals surface area contributed by atoms with E-state index in [1.807, 2.05) is 38.1 Å². The molecular weight excluding hydrogens is 366 g/mol. The number of hydrogen-bond donors (Lipinski definition) is 2. The van der Waals surface area contributed by atoms with Gasteiger partial charge in [0, 0.05) is 5.69 Å². The first kappa shape index (κ1) is 20.1. The van der Waals surface area contributed by atoms with E-state index in [0.29, 0.717) is 5.56 Å². The molecule has 0 radical (unpaired) electrons. The fourth-order valence-corrected chi connectivity index (χ4v) is 2.97. The van der Waals surface area contributed by atoms with Crippen LogP contribution >= 0.6 is 0 Å². The number of para-hydroxylation sites is 1. The summed E-state index contributed by atoms with van der Waals surface area (Å²) in [6, 6.07) is 21.2. The minimum atomic E-state index is -0.561. The van der Waals surface area contributed by atoms with Crippen molar-refractivity contribution in [3.05, 3.63) is 83.9 Å². The molecule has 3 rings (SSSR count). The molecule has 1 amide bonds. The van der Waals surface area contributed by atoms with Crippen LogP contribution in [0.25, 0.3) is 11.1 Å². The van der Waals surface area contributed by atoms with Crippen molar-refractivity contribution in [3.63, 3.8) is 0 Å². The summed E-state index contributed by atoms with van der Waals surface area (Å²) in [5, 5.41) is 12.2. The number of phenolic OH excluding ortho intramolecular Hbond substituents is 1. The molecule has 0 saturated heterocycles. The summed E-state index contributed by atoms with van der Waals surface area (Å²) in [6.07, 6.45) is 0. The van der Waals surface area contributed by atoms with E-state index in [2.05, 4.69) is 5.32 Å². The molecular formula is C24H23NO4. The number of hydrogen-bond acceptors (Lipinski definition) is 4. The molecule has 5 nitrogen and oxygen atoms in total. The zero-order valence-electron chi connectivity index (χ0n) is 16.4. The molecule has 0 saturated carbocycles. The summed E-state index contributed by atoms with van der Waals surface area (Å²) in [4.78, 5) is 24.4. The molecule has 0 heterocycles. The molecule has 0 aliphatic carbocycles. The van der Waals surface area contributed by atoms with E-state index >= 15 is 0 Å². The van der Waals surface area contributed by atoms with Gasteiger partial charge in [-0.25, -0.2) is 4.79 Å². The van der Waals surface area contributed by atoms with Crippen LogP contribution in [0.1, 0.15) is 35.7 Å². The summed E-state index contributed by atoms with van der Waals surface area (Å²) in [5.41, 5.74) is 3.94. The second-order valence-electron chi connectivity index (χ2n) is 6.99. The minimum absolute atomic E-state index is 0.197. The molecule has 29 heavy (non-hydrogen) atoms. The van der Waals surface area contributed by atoms with Crippen molar-refractivity contribution >= 4 is 17.6 Å². The fraction of sp³-hybridized carbons (Fsp3) is 0.167. The average molecular weight is 389 g/mol. The van der Waals surface area contributed by atoms with E-state index in [0.717, 1.165) is 22.4 Å². The molecule has 148 valence electrons. The predicted octanol–water partition coefficient (Wildman–Crippen LogP) is 4.98. The van der Waals surface area contributed by atoms with E-state index in [1.165, 1.54) is 0 Å². The normalized spacial score (nSPS) is 10.6. The standard InChI is InChI=1S/C24H23NO4/c1-16(2)21-5-3-4-6-22(21)25-23(27)15-29-24(28)19-9-7-17(8-10-19)18-11-13-20(26)14-12-18/h3-14,16,26H,15H2,1-2H3,(H,25,27). The van der Waals surface area contributed by atoms with Crippen LogP contribution in [0.15, 0.2) is 72.8 Å². The third-order valence-corrected chi connectivity index (χ3v) is 4.51. The highest BCUT2D eigenvalue weighted by Gasteiger charge is 2.13. The number of phenols is 1. The number of carbonyl (C=O) groups excluding carboxylic acids is 2. The van der Waals surface area contributed by atoms with Crippen LogP contribution in [0.4, 0.5) is 5.69 Å². The first-order chi connectivity index (χ1) is 13.9. The smallest absolute Gasteiger partial charge is 0.338 e. The van der Waals surface area contributed by atoms with Gasteiger partial charge in [-0.15, -0.1) is 0 Å². The number of nitrogens with one attached hydrogen (secondary N) is 1. The molecule has 5 heteroatoms. The maximum Gasteiger partial charge on any atom is 0.338 e. The average Bonchev–Trinajstić information content (AvgIpc) is 2.73. The lowest BCUT2D eigenvalue weighted by atomic mass is 10.0. The van der Waals surface area contributed by atoms with Crippen LogP contribution in [0, 0.1) is 0 Å². The lowest BCUT2D eigenvalue weighted by Gasteiger charge is -2.13. The maximum atomic E-state index is 12.2. The van der Waals surface area contributed by atoms with Gasteiger partial charge < -0.3 is 15.2 Å².